The Balaban J connectivity index is 1.77. The Morgan fingerprint density at radius 3 is 2.18 bits per heavy atom. The van der Waals surface area contributed by atoms with Crippen LogP contribution in [0.2, 0.25) is 0 Å². The molecular formula is C18H14F6N6O3. The van der Waals surface area contributed by atoms with Gasteiger partial charge in [0.15, 0.2) is 5.82 Å². The van der Waals surface area contributed by atoms with E-state index in [0.29, 0.717) is 12.1 Å². The van der Waals surface area contributed by atoms with Crippen molar-refractivity contribution in [2.75, 3.05) is 20.1 Å². The molecule has 15 heteroatoms. The summed E-state index contributed by atoms with van der Waals surface area (Å²) in [5.41, 5.74) is -1.40. The number of carbonyl (C=O) groups is 3. The van der Waals surface area contributed by atoms with Crippen LogP contribution in [-0.4, -0.2) is 62.5 Å². The van der Waals surface area contributed by atoms with Gasteiger partial charge in [-0.25, -0.2) is 14.7 Å². The number of halogens is 6. The van der Waals surface area contributed by atoms with E-state index in [9.17, 15) is 40.7 Å². The number of amides is 3. The van der Waals surface area contributed by atoms with Crippen molar-refractivity contribution in [3.8, 4) is 11.4 Å². The Bertz CT molecular complexity index is 1090. The van der Waals surface area contributed by atoms with Gasteiger partial charge in [0.05, 0.1) is 17.7 Å². The average Bonchev–Trinajstić information content (AvgIpc) is 3.20. The molecule has 0 bridgehead atoms. The van der Waals surface area contributed by atoms with Gasteiger partial charge in [0.1, 0.15) is 6.33 Å². The van der Waals surface area contributed by atoms with Crippen molar-refractivity contribution in [2.24, 2.45) is 0 Å². The quantitative estimate of drug-likeness (QED) is 0.412. The maximum absolute atomic E-state index is 13.0. The van der Waals surface area contributed by atoms with Crippen molar-refractivity contribution in [2.45, 2.75) is 12.4 Å². The monoisotopic (exact) mass is 476 g/mol. The van der Waals surface area contributed by atoms with Gasteiger partial charge in [-0.05, 0) is 18.2 Å². The first-order valence-electron chi connectivity index (χ1n) is 9.02. The first kappa shape index (κ1) is 23.7. The summed E-state index contributed by atoms with van der Waals surface area (Å²) in [5.74, 6) is -3.04. The second-order valence-corrected chi connectivity index (χ2v) is 6.82. The Labute approximate surface area is 181 Å². The number of aromatic nitrogens is 3. The highest BCUT2D eigenvalue weighted by atomic mass is 19.4. The molecule has 1 aromatic heterocycles. The molecule has 3 rings (SSSR count). The summed E-state index contributed by atoms with van der Waals surface area (Å²) >= 11 is 0. The van der Waals surface area contributed by atoms with Gasteiger partial charge in [0.25, 0.3) is 5.91 Å². The van der Waals surface area contributed by atoms with Crippen molar-refractivity contribution in [1.29, 1.82) is 0 Å². The number of benzene rings is 1. The molecule has 1 fully saturated rings. The number of nitrogens with zero attached hydrogens (tertiary/aromatic N) is 5. The van der Waals surface area contributed by atoms with E-state index in [2.05, 4.69) is 15.5 Å². The molecular weight excluding hydrogens is 462 g/mol. The number of likely N-dealkylation sites (N-methyl/N-ethyl adjacent to an activating group) is 1. The average molecular weight is 476 g/mol. The molecule has 3 amide bonds. The zero-order chi connectivity index (χ0) is 24.6. The van der Waals surface area contributed by atoms with E-state index >= 15 is 0 Å². The molecule has 2 heterocycles. The Morgan fingerprint density at radius 2 is 1.61 bits per heavy atom. The lowest BCUT2D eigenvalue weighted by Crippen LogP contribution is -2.58. The number of hydrazine groups is 1. The molecule has 176 valence electrons. The van der Waals surface area contributed by atoms with Gasteiger partial charge in [-0.15, -0.1) is 5.10 Å². The van der Waals surface area contributed by atoms with Crippen LogP contribution in [0.3, 0.4) is 0 Å². The van der Waals surface area contributed by atoms with Crippen LogP contribution in [0.25, 0.3) is 17.6 Å². The van der Waals surface area contributed by atoms with E-state index in [-0.39, 0.29) is 19.2 Å². The van der Waals surface area contributed by atoms with E-state index in [1.807, 2.05) is 0 Å². The molecule has 2 aromatic rings. The SMILES string of the molecule is CN1CCN(NC(=O)/C=C\n2cnc(-c3cc(C(F)(F)F)cc(C(F)(F)F)c3)n2)C(=O)C1=O. The zero-order valence-corrected chi connectivity index (χ0v) is 16.6. The molecule has 0 atom stereocenters. The fourth-order valence-corrected chi connectivity index (χ4v) is 2.72. The van der Waals surface area contributed by atoms with Crippen LogP contribution in [-0.2, 0) is 26.7 Å². The van der Waals surface area contributed by atoms with E-state index < -0.39 is 52.6 Å². The highest BCUT2D eigenvalue weighted by Gasteiger charge is 2.37. The first-order valence-corrected chi connectivity index (χ1v) is 9.02. The molecule has 0 unspecified atom stereocenters. The summed E-state index contributed by atoms with van der Waals surface area (Å²) < 4.78 is 78.9. The Morgan fingerprint density at radius 1 is 1.00 bits per heavy atom. The molecule has 33 heavy (non-hydrogen) atoms. The third-order valence-electron chi connectivity index (χ3n) is 4.41. The van der Waals surface area contributed by atoms with Gasteiger partial charge in [-0.1, -0.05) is 0 Å². The van der Waals surface area contributed by atoms with Crippen LogP contribution in [0.15, 0.2) is 30.6 Å². The predicted octanol–water partition coefficient (Wildman–Crippen LogP) is 1.79. The molecule has 1 saturated heterocycles. The molecule has 1 aromatic carbocycles. The fourth-order valence-electron chi connectivity index (χ4n) is 2.72. The van der Waals surface area contributed by atoms with Crippen LogP contribution in [0.5, 0.6) is 0 Å². The van der Waals surface area contributed by atoms with E-state index in [1.165, 1.54) is 11.9 Å². The standard InChI is InChI=1S/C18H14F6N6O3/c1-28-4-5-30(16(33)15(28)32)26-13(31)2-3-29-9-25-14(27-29)10-6-11(17(19,20)21)8-12(7-10)18(22,23)24/h2-3,6-9H,4-5H2,1H3,(H,26,31)/b3-2-. The van der Waals surface area contributed by atoms with Crippen molar-refractivity contribution >= 4 is 23.9 Å². The third-order valence-corrected chi connectivity index (χ3v) is 4.41. The number of alkyl halides is 6. The molecule has 1 aliphatic heterocycles. The maximum atomic E-state index is 13.0. The summed E-state index contributed by atoms with van der Waals surface area (Å²) in [6.45, 7) is 0.239. The second-order valence-electron chi connectivity index (χ2n) is 6.82. The summed E-state index contributed by atoms with van der Waals surface area (Å²) in [5, 5.41) is 4.55. The van der Waals surface area contributed by atoms with Gasteiger partial charge >= 0.3 is 24.2 Å². The number of carbonyl (C=O) groups excluding carboxylic acids is 3. The lowest BCUT2D eigenvalue weighted by Gasteiger charge is -2.30. The number of hydrogen-bond acceptors (Lipinski definition) is 5. The first-order chi connectivity index (χ1) is 15.3. The van der Waals surface area contributed by atoms with Crippen molar-refractivity contribution < 1.29 is 40.7 Å². The minimum Gasteiger partial charge on any atom is -0.336 e. The smallest absolute Gasteiger partial charge is 0.336 e. The highest BCUT2D eigenvalue weighted by Crippen LogP contribution is 2.38. The number of nitrogens with one attached hydrogen (secondary N) is 1. The van der Waals surface area contributed by atoms with E-state index in [4.69, 9.17) is 0 Å². The third kappa shape index (κ3) is 5.48. The minimum absolute atomic E-state index is 0.0187. The Kier molecular flexibility index (Phi) is 6.16. The van der Waals surface area contributed by atoms with Gasteiger partial charge in [-0.3, -0.25) is 19.8 Å². The molecule has 9 nitrogen and oxygen atoms in total. The molecule has 0 spiro atoms. The van der Waals surface area contributed by atoms with Crippen LogP contribution >= 0.6 is 0 Å². The van der Waals surface area contributed by atoms with Gasteiger partial charge in [-0.2, -0.15) is 26.3 Å². The highest BCUT2D eigenvalue weighted by molar-refractivity contribution is 6.35. The fraction of sp³-hybridized carbons (Fsp3) is 0.278. The number of rotatable bonds is 4. The lowest BCUT2D eigenvalue weighted by molar-refractivity contribution is -0.158. The molecule has 0 radical (unpaired) electrons. The number of hydrogen-bond donors (Lipinski definition) is 1. The molecule has 1 N–H and O–H groups in total. The minimum atomic E-state index is -5.03. The second kappa shape index (κ2) is 8.55. The van der Waals surface area contributed by atoms with Crippen molar-refractivity contribution in [1.82, 2.24) is 30.1 Å². The van der Waals surface area contributed by atoms with Crippen LogP contribution in [0, 0.1) is 0 Å². The van der Waals surface area contributed by atoms with Gasteiger partial charge in [0.2, 0.25) is 0 Å². The van der Waals surface area contributed by atoms with Crippen molar-refractivity contribution in [3.05, 3.63) is 41.7 Å². The molecule has 1 aliphatic rings. The van der Waals surface area contributed by atoms with E-state index in [1.54, 1.807) is 0 Å². The predicted molar refractivity (Wildman–Crippen MR) is 98.3 cm³/mol. The molecule has 0 saturated carbocycles. The summed E-state index contributed by atoms with van der Waals surface area (Å²) in [6.07, 6.45) is -7.22. The van der Waals surface area contributed by atoms with Gasteiger partial charge in [0, 0.05) is 31.4 Å². The Hall–Kier alpha value is -3.91. The lowest BCUT2D eigenvalue weighted by atomic mass is 10.0. The normalized spacial score (nSPS) is 15.5. The zero-order valence-electron chi connectivity index (χ0n) is 16.6. The van der Waals surface area contributed by atoms with Crippen LogP contribution in [0.1, 0.15) is 11.1 Å². The maximum Gasteiger partial charge on any atom is 0.416 e. The topological polar surface area (TPSA) is 100 Å². The number of piperazine rings is 1. The largest absolute Gasteiger partial charge is 0.416 e. The van der Waals surface area contributed by atoms with Gasteiger partial charge < -0.3 is 4.90 Å². The van der Waals surface area contributed by atoms with Crippen LogP contribution < -0.4 is 5.43 Å². The van der Waals surface area contributed by atoms with Crippen molar-refractivity contribution in [3.63, 3.8) is 0 Å². The van der Waals surface area contributed by atoms with Crippen LogP contribution in [0.4, 0.5) is 26.3 Å². The summed E-state index contributed by atoms with van der Waals surface area (Å²) in [4.78, 5) is 40.2. The summed E-state index contributed by atoms with van der Waals surface area (Å²) in [7, 11) is 1.42. The summed E-state index contributed by atoms with van der Waals surface area (Å²) in [6, 6.07) is 0.928. The molecule has 0 aliphatic carbocycles. The van der Waals surface area contributed by atoms with E-state index in [0.717, 1.165) is 28.3 Å².